The van der Waals surface area contributed by atoms with Crippen LogP contribution in [-0.2, 0) is 20.9 Å². The van der Waals surface area contributed by atoms with Gasteiger partial charge in [-0.2, -0.15) is 17.5 Å². The number of nitrogens with two attached hydrogens (primary N) is 1. The number of hydrogen-bond donors (Lipinski definition) is 2. The molecule has 3 aliphatic rings. The van der Waals surface area contributed by atoms with E-state index in [9.17, 15) is 21.6 Å². The quantitative estimate of drug-likeness (QED) is 0.453. The van der Waals surface area contributed by atoms with E-state index >= 15 is 0 Å². The van der Waals surface area contributed by atoms with Crippen molar-refractivity contribution in [2.24, 2.45) is 17.6 Å². The molecule has 0 aromatic heterocycles. The lowest BCUT2D eigenvalue weighted by Gasteiger charge is -2.48. The second-order valence-corrected chi connectivity index (χ2v) is 12.8. The molecule has 7 nitrogen and oxygen atoms in total. The Morgan fingerprint density at radius 3 is 2.61 bits per heavy atom. The topological polar surface area (TPSA) is 87.9 Å². The fourth-order valence-corrected chi connectivity index (χ4v) is 7.33. The summed E-state index contributed by atoms with van der Waals surface area (Å²) in [6.07, 6.45) is 5.45. The number of anilines is 1. The van der Waals surface area contributed by atoms with Gasteiger partial charge in [-0.3, -0.25) is 0 Å². The van der Waals surface area contributed by atoms with Gasteiger partial charge in [-0.05, 0) is 64.5 Å². The van der Waals surface area contributed by atoms with Crippen LogP contribution in [0.25, 0.3) is 0 Å². The average Bonchev–Trinajstić information content (AvgIpc) is 2.87. The average molecular weight is 557 g/mol. The van der Waals surface area contributed by atoms with Gasteiger partial charge in [0.1, 0.15) is 0 Å². The summed E-state index contributed by atoms with van der Waals surface area (Å²) in [5, 5.41) is 3.52. The number of ether oxygens (including phenoxy) is 1. The highest BCUT2D eigenvalue weighted by Crippen LogP contribution is 2.49. The summed E-state index contributed by atoms with van der Waals surface area (Å²) in [6.45, 7) is 1.15. The first kappa shape index (κ1) is 29.1. The van der Waals surface area contributed by atoms with Gasteiger partial charge in [0.25, 0.3) is 0 Å². The summed E-state index contributed by atoms with van der Waals surface area (Å²) >= 11 is 0. The number of halogens is 3. The lowest BCUT2D eigenvalue weighted by Crippen LogP contribution is -2.49. The third-order valence-corrected chi connectivity index (χ3v) is 9.60. The standard InChI is InChI=1S/C27H39F3N4O3S/c1-33(2)14-6-16-38(35,36)34(15-13-31)18-21-10-11-22-25(19-7-4-3-5-8-19)32-24-12-9-20(27(28,29)30)17-23(24)26(22)37-21/h3-5,7,9,12,17,19,21-22,25-26,32H,6,8,10-11,13-16,18,31H2,1-2H3/t19?,21-,22+,25+,26+/m1/s1. The molecule has 0 amide bonds. The summed E-state index contributed by atoms with van der Waals surface area (Å²) in [5.41, 5.74) is 6.17. The predicted molar refractivity (Wildman–Crippen MR) is 143 cm³/mol. The lowest BCUT2D eigenvalue weighted by atomic mass is 9.73. The van der Waals surface area contributed by atoms with Gasteiger partial charge in [0, 0.05) is 48.8 Å². The van der Waals surface area contributed by atoms with Gasteiger partial charge in [0.2, 0.25) is 10.0 Å². The molecule has 0 bridgehead atoms. The highest BCUT2D eigenvalue weighted by molar-refractivity contribution is 7.89. The van der Waals surface area contributed by atoms with Crippen molar-refractivity contribution in [3.05, 3.63) is 53.6 Å². The molecule has 4 rings (SSSR count). The summed E-state index contributed by atoms with van der Waals surface area (Å²) in [6, 6.07) is 3.78. The van der Waals surface area contributed by atoms with E-state index < -0.39 is 34.0 Å². The van der Waals surface area contributed by atoms with Gasteiger partial charge in [0.05, 0.1) is 23.5 Å². The number of sulfonamides is 1. The number of alkyl halides is 3. The molecular weight excluding hydrogens is 517 g/mol. The minimum Gasteiger partial charge on any atom is -0.381 e. The number of fused-ring (bicyclic) bond motifs is 3. The highest BCUT2D eigenvalue weighted by atomic mass is 32.2. The van der Waals surface area contributed by atoms with Gasteiger partial charge in [-0.15, -0.1) is 0 Å². The number of nitrogens with one attached hydrogen (secondary N) is 1. The van der Waals surface area contributed by atoms with Crippen LogP contribution >= 0.6 is 0 Å². The SMILES string of the molecule is CN(C)CCCS(=O)(=O)N(CCN)C[C@H]1CC[C@@H]2[C@H](O1)c1cc(C(F)(F)F)ccc1N[C@H]2C1C=CC=CC1. The largest absolute Gasteiger partial charge is 0.416 e. The van der Waals surface area contributed by atoms with Gasteiger partial charge < -0.3 is 20.7 Å². The molecule has 0 spiro atoms. The van der Waals surface area contributed by atoms with Crippen molar-refractivity contribution in [3.8, 4) is 0 Å². The second kappa shape index (κ2) is 12.1. The number of nitrogens with zero attached hydrogens (tertiary/aromatic N) is 2. The first-order valence-corrected chi connectivity index (χ1v) is 14.9. The van der Waals surface area contributed by atoms with Crippen LogP contribution in [0, 0.1) is 11.8 Å². The molecule has 3 N–H and O–H groups in total. The number of hydrogen-bond acceptors (Lipinski definition) is 6. The summed E-state index contributed by atoms with van der Waals surface area (Å²) in [7, 11) is 0.232. The maximum atomic E-state index is 13.6. The molecule has 1 fully saturated rings. The smallest absolute Gasteiger partial charge is 0.381 e. The van der Waals surface area contributed by atoms with E-state index in [4.69, 9.17) is 10.5 Å². The van der Waals surface area contributed by atoms with Crippen LogP contribution in [0.5, 0.6) is 0 Å². The van der Waals surface area contributed by atoms with Crippen LogP contribution < -0.4 is 11.1 Å². The molecule has 212 valence electrons. The third-order valence-electron chi connectivity index (χ3n) is 7.68. The fraction of sp³-hybridized carbons (Fsp3) is 0.630. The molecule has 5 atom stereocenters. The minimum atomic E-state index is -4.47. The highest BCUT2D eigenvalue weighted by Gasteiger charge is 2.45. The lowest BCUT2D eigenvalue weighted by molar-refractivity contribution is -0.138. The summed E-state index contributed by atoms with van der Waals surface area (Å²) < 4.78 is 74.9. The molecule has 2 aliphatic heterocycles. The Morgan fingerprint density at radius 1 is 1.16 bits per heavy atom. The zero-order valence-electron chi connectivity index (χ0n) is 22.0. The van der Waals surface area contributed by atoms with Crippen LogP contribution in [0.1, 0.15) is 42.9 Å². The van der Waals surface area contributed by atoms with E-state index in [0.717, 1.165) is 12.5 Å². The number of allylic oxidation sites excluding steroid dienone is 3. The molecular formula is C27H39F3N4O3S. The van der Waals surface area contributed by atoms with E-state index in [1.54, 1.807) is 0 Å². The monoisotopic (exact) mass is 556 g/mol. The van der Waals surface area contributed by atoms with Crippen LogP contribution in [-0.4, -0.2) is 75.8 Å². The van der Waals surface area contributed by atoms with Crippen molar-refractivity contribution in [2.75, 3.05) is 51.3 Å². The van der Waals surface area contributed by atoms with Crippen molar-refractivity contribution in [1.29, 1.82) is 0 Å². The minimum absolute atomic E-state index is 0.00120. The molecule has 1 aromatic rings. The van der Waals surface area contributed by atoms with E-state index in [2.05, 4.69) is 17.5 Å². The first-order chi connectivity index (χ1) is 18.0. The molecule has 1 aliphatic carbocycles. The molecule has 38 heavy (non-hydrogen) atoms. The zero-order chi connectivity index (χ0) is 27.5. The van der Waals surface area contributed by atoms with Crippen molar-refractivity contribution >= 4 is 15.7 Å². The molecule has 11 heteroatoms. The van der Waals surface area contributed by atoms with Crippen LogP contribution in [0.15, 0.2) is 42.5 Å². The van der Waals surface area contributed by atoms with E-state index in [-0.39, 0.29) is 43.3 Å². The Bertz CT molecular complexity index is 1120. The van der Waals surface area contributed by atoms with Gasteiger partial charge in [0.15, 0.2) is 0 Å². The van der Waals surface area contributed by atoms with Gasteiger partial charge in [-0.25, -0.2) is 8.42 Å². The van der Waals surface area contributed by atoms with Crippen molar-refractivity contribution in [1.82, 2.24) is 9.21 Å². The Labute approximate surface area is 223 Å². The maximum absolute atomic E-state index is 13.6. The van der Waals surface area contributed by atoms with E-state index in [0.29, 0.717) is 37.1 Å². The van der Waals surface area contributed by atoms with E-state index in [1.165, 1.54) is 16.4 Å². The molecule has 1 saturated heterocycles. The van der Waals surface area contributed by atoms with Crippen molar-refractivity contribution in [3.63, 3.8) is 0 Å². The Balaban J connectivity index is 1.58. The Hall–Kier alpha value is -1.92. The third kappa shape index (κ3) is 6.80. The van der Waals surface area contributed by atoms with Gasteiger partial charge >= 0.3 is 6.18 Å². The number of rotatable bonds is 10. The zero-order valence-corrected chi connectivity index (χ0v) is 22.8. The number of benzene rings is 1. The summed E-state index contributed by atoms with van der Waals surface area (Å²) in [4.78, 5) is 1.94. The fourth-order valence-electron chi connectivity index (χ4n) is 5.80. The second-order valence-electron chi connectivity index (χ2n) is 10.7. The van der Waals surface area contributed by atoms with Crippen LogP contribution in [0.2, 0.25) is 0 Å². The van der Waals surface area contributed by atoms with Crippen molar-refractivity contribution < 1.29 is 26.3 Å². The Kier molecular flexibility index (Phi) is 9.24. The van der Waals surface area contributed by atoms with E-state index in [1.807, 2.05) is 31.1 Å². The molecule has 0 saturated carbocycles. The molecule has 2 heterocycles. The molecule has 1 unspecified atom stereocenters. The Morgan fingerprint density at radius 2 is 1.95 bits per heavy atom. The molecule has 0 radical (unpaired) electrons. The normalized spacial score (nSPS) is 27.3. The maximum Gasteiger partial charge on any atom is 0.416 e. The molecule has 1 aromatic carbocycles. The van der Waals surface area contributed by atoms with Crippen LogP contribution in [0.4, 0.5) is 18.9 Å². The first-order valence-electron chi connectivity index (χ1n) is 13.3. The van der Waals surface area contributed by atoms with Crippen LogP contribution in [0.3, 0.4) is 0 Å². The van der Waals surface area contributed by atoms with Gasteiger partial charge in [-0.1, -0.05) is 24.3 Å². The summed E-state index contributed by atoms with van der Waals surface area (Å²) in [5.74, 6) is 0.159. The predicted octanol–water partition coefficient (Wildman–Crippen LogP) is 4.01. The van der Waals surface area contributed by atoms with Crippen molar-refractivity contribution in [2.45, 2.75) is 50.1 Å².